The van der Waals surface area contributed by atoms with Crippen LogP contribution in [0, 0.1) is 11.8 Å². The van der Waals surface area contributed by atoms with Gasteiger partial charge in [0.25, 0.3) is 0 Å². The van der Waals surface area contributed by atoms with Gasteiger partial charge in [-0.2, -0.15) is 0 Å². The Balaban J connectivity index is 1.94. The van der Waals surface area contributed by atoms with Crippen LogP contribution in [0.25, 0.3) is 0 Å². The number of nitrogens with one attached hydrogen (secondary N) is 1. The molecule has 0 radical (unpaired) electrons. The van der Waals surface area contributed by atoms with E-state index in [1.165, 1.54) is 32.1 Å². The molecule has 1 saturated carbocycles. The third-order valence-corrected chi connectivity index (χ3v) is 4.37. The maximum Gasteiger partial charge on any atom is 0.0842 e. The molecule has 2 rings (SSSR count). The molecule has 1 aliphatic carbocycles. The van der Waals surface area contributed by atoms with E-state index in [0.717, 1.165) is 30.5 Å². The molecule has 108 valence electrons. The lowest BCUT2D eigenvalue weighted by Gasteiger charge is -2.33. The zero-order valence-corrected chi connectivity index (χ0v) is 12.6. The predicted molar refractivity (Wildman–Crippen MR) is 77.9 cm³/mol. The average Bonchev–Trinajstić information content (AvgIpc) is 2.81. The first-order chi connectivity index (χ1) is 9.19. The molecule has 19 heavy (non-hydrogen) atoms. The quantitative estimate of drug-likeness (QED) is 0.858. The molecule has 1 heterocycles. The lowest BCUT2D eigenvalue weighted by Crippen LogP contribution is -2.40. The van der Waals surface area contributed by atoms with Crippen LogP contribution in [0.4, 0.5) is 0 Å². The number of nitrogens with zero attached hydrogens (tertiary/aromatic N) is 3. The van der Waals surface area contributed by atoms with Crippen molar-refractivity contribution in [1.29, 1.82) is 0 Å². The normalized spacial score (nSPS) is 25.4. The smallest absolute Gasteiger partial charge is 0.0842 e. The summed E-state index contributed by atoms with van der Waals surface area (Å²) < 4.78 is 1.80. The van der Waals surface area contributed by atoms with Gasteiger partial charge in [0.15, 0.2) is 0 Å². The molecule has 0 amide bonds. The third-order valence-electron chi connectivity index (χ3n) is 4.37. The number of hydrogen-bond donors (Lipinski definition) is 1. The zero-order chi connectivity index (χ0) is 13.7. The van der Waals surface area contributed by atoms with Gasteiger partial charge in [-0.1, -0.05) is 31.9 Å². The van der Waals surface area contributed by atoms with Crippen molar-refractivity contribution in [2.45, 2.75) is 58.4 Å². The SMILES string of the molecule is CCCNC(Cc1cn(C)nn1)C1CCC(C)CC1. The van der Waals surface area contributed by atoms with Crippen molar-refractivity contribution < 1.29 is 0 Å². The van der Waals surface area contributed by atoms with Gasteiger partial charge in [-0.25, -0.2) is 0 Å². The lowest BCUT2D eigenvalue weighted by atomic mass is 9.78. The monoisotopic (exact) mass is 264 g/mol. The van der Waals surface area contributed by atoms with Gasteiger partial charge >= 0.3 is 0 Å². The first-order valence-corrected chi connectivity index (χ1v) is 7.77. The van der Waals surface area contributed by atoms with Crippen LogP contribution >= 0.6 is 0 Å². The Kier molecular flexibility index (Phi) is 5.37. The van der Waals surface area contributed by atoms with E-state index in [1.807, 2.05) is 13.2 Å². The molecule has 1 aromatic rings. The molecule has 0 saturated heterocycles. The molecule has 4 nitrogen and oxygen atoms in total. The second-order valence-corrected chi connectivity index (χ2v) is 6.17. The minimum absolute atomic E-state index is 0.573. The largest absolute Gasteiger partial charge is 0.313 e. The van der Waals surface area contributed by atoms with Gasteiger partial charge in [0.1, 0.15) is 0 Å². The van der Waals surface area contributed by atoms with Gasteiger partial charge < -0.3 is 5.32 Å². The van der Waals surface area contributed by atoms with Crippen molar-refractivity contribution in [1.82, 2.24) is 20.3 Å². The van der Waals surface area contributed by atoms with Crippen LogP contribution in [-0.4, -0.2) is 27.6 Å². The summed E-state index contributed by atoms with van der Waals surface area (Å²) in [7, 11) is 1.94. The fourth-order valence-electron chi connectivity index (χ4n) is 3.14. The summed E-state index contributed by atoms with van der Waals surface area (Å²) in [4.78, 5) is 0. The van der Waals surface area contributed by atoms with E-state index < -0.39 is 0 Å². The number of aromatic nitrogens is 3. The van der Waals surface area contributed by atoms with E-state index >= 15 is 0 Å². The Morgan fingerprint density at radius 3 is 2.68 bits per heavy atom. The van der Waals surface area contributed by atoms with E-state index in [4.69, 9.17) is 0 Å². The van der Waals surface area contributed by atoms with Crippen LogP contribution < -0.4 is 5.32 Å². The highest BCUT2D eigenvalue weighted by Gasteiger charge is 2.26. The van der Waals surface area contributed by atoms with Crippen molar-refractivity contribution in [2.75, 3.05) is 6.54 Å². The van der Waals surface area contributed by atoms with Gasteiger partial charge in [-0.15, -0.1) is 5.10 Å². The summed E-state index contributed by atoms with van der Waals surface area (Å²) >= 11 is 0. The first-order valence-electron chi connectivity index (χ1n) is 7.77. The first kappa shape index (κ1) is 14.5. The number of aryl methyl sites for hydroxylation is 1. The highest BCUT2D eigenvalue weighted by Crippen LogP contribution is 2.31. The Morgan fingerprint density at radius 1 is 1.37 bits per heavy atom. The molecular weight excluding hydrogens is 236 g/mol. The molecule has 0 bridgehead atoms. The van der Waals surface area contributed by atoms with Crippen molar-refractivity contribution in [3.8, 4) is 0 Å². The van der Waals surface area contributed by atoms with Crippen LogP contribution in [-0.2, 0) is 13.5 Å². The maximum atomic E-state index is 4.25. The van der Waals surface area contributed by atoms with Crippen molar-refractivity contribution in [2.24, 2.45) is 18.9 Å². The average molecular weight is 264 g/mol. The van der Waals surface area contributed by atoms with E-state index in [2.05, 4.69) is 29.5 Å². The Bertz CT molecular complexity index is 366. The van der Waals surface area contributed by atoms with Crippen LogP contribution in [0.15, 0.2) is 6.20 Å². The number of rotatable bonds is 6. The molecule has 0 spiro atoms. The minimum atomic E-state index is 0.573. The van der Waals surface area contributed by atoms with Gasteiger partial charge in [-0.3, -0.25) is 4.68 Å². The van der Waals surface area contributed by atoms with E-state index in [0.29, 0.717) is 6.04 Å². The third kappa shape index (κ3) is 4.30. The molecular formula is C15H28N4. The molecule has 1 aromatic heterocycles. The van der Waals surface area contributed by atoms with Gasteiger partial charge in [0.05, 0.1) is 5.69 Å². The highest BCUT2D eigenvalue weighted by atomic mass is 15.4. The molecule has 1 unspecified atom stereocenters. The highest BCUT2D eigenvalue weighted by molar-refractivity contribution is 4.98. The van der Waals surface area contributed by atoms with E-state index in [1.54, 1.807) is 4.68 Å². The van der Waals surface area contributed by atoms with Crippen molar-refractivity contribution in [3.05, 3.63) is 11.9 Å². The Hall–Kier alpha value is -0.900. The fraction of sp³-hybridized carbons (Fsp3) is 0.867. The minimum Gasteiger partial charge on any atom is -0.313 e. The second kappa shape index (κ2) is 7.04. The van der Waals surface area contributed by atoms with Gasteiger partial charge in [0, 0.05) is 25.7 Å². The van der Waals surface area contributed by atoms with Gasteiger partial charge in [-0.05, 0) is 37.6 Å². The van der Waals surface area contributed by atoms with E-state index in [9.17, 15) is 0 Å². The summed E-state index contributed by atoms with van der Waals surface area (Å²) in [6, 6.07) is 0.573. The van der Waals surface area contributed by atoms with Crippen molar-refractivity contribution in [3.63, 3.8) is 0 Å². The Labute approximate surface area is 117 Å². The molecule has 1 fully saturated rings. The van der Waals surface area contributed by atoms with Crippen LogP contribution in [0.2, 0.25) is 0 Å². The van der Waals surface area contributed by atoms with Gasteiger partial charge in [0.2, 0.25) is 0 Å². The molecule has 4 heteroatoms. The van der Waals surface area contributed by atoms with Crippen LogP contribution in [0.5, 0.6) is 0 Å². The molecule has 0 aromatic carbocycles. The van der Waals surface area contributed by atoms with E-state index in [-0.39, 0.29) is 0 Å². The molecule has 1 aliphatic rings. The summed E-state index contributed by atoms with van der Waals surface area (Å²) in [6.07, 6.45) is 9.76. The maximum absolute atomic E-state index is 4.25. The molecule has 0 aliphatic heterocycles. The topological polar surface area (TPSA) is 42.7 Å². The summed E-state index contributed by atoms with van der Waals surface area (Å²) in [6.45, 7) is 5.72. The lowest BCUT2D eigenvalue weighted by molar-refractivity contribution is 0.228. The molecule has 1 atom stereocenters. The van der Waals surface area contributed by atoms with Crippen molar-refractivity contribution >= 4 is 0 Å². The molecule has 1 N–H and O–H groups in total. The second-order valence-electron chi connectivity index (χ2n) is 6.17. The zero-order valence-electron chi connectivity index (χ0n) is 12.6. The summed E-state index contributed by atoms with van der Waals surface area (Å²) in [5, 5.41) is 12.0. The van der Waals surface area contributed by atoms with Crippen LogP contribution in [0.3, 0.4) is 0 Å². The predicted octanol–water partition coefficient (Wildman–Crippen LogP) is 2.55. The summed E-state index contributed by atoms with van der Waals surface area (Å²) in [5.74, 6) is 1.73. The Morgan fingerprint density at radius 2 is 2.11 bits per heavy atom. The summed E-state index contributed by atoms with van der Waals surface area (Å²) in [5.41, 5.74) is 1.12. The van der Waals surface area contributed by atoms with Crippen LogP contribution in [0.1, 0.15) is 51.6 Å². The number of hydrogen-bond acceptors (Lipinski definition) is 3. The standard InChI is InChI=1S/C15H28N4/c1-4-9-16-15(10-14-11-19(3)18-17-14)13-7-5-12(2)6-8-13/h11-13,15-16H,4-10H2,1-3H3. The fourth-order valence-corrected chi connectivity index (χ4v) is 3.14.